The van der Waals surface area contributed by atoms with Crippen molar-refractivity contribution in [3.8, 4) is 5.75 Å². The van der Waals surface area contributed by atoms with Crippen LogP contribution >= 0.6 is 0 Å². The zero-order valence-corrected chi connectivity index (χ0v) is 25.0. The molecule has 0 aromatic heterocycles. The number of esters is 1. The first-order valence-electron chi connectivity index (χ1n) is 13.8. The van der Waals surface area contributed by atoms with Crippen LogP contribution in [0.25, 0.3) is 0 Å². The van der Waals surface area contributed by atoms with Crippen molar-refractivity contribution in [3.63, 3.8) is 0 Å². The minimum Gasteiger partial charge on any atom is -0.473 e. The molecular formula is C34H27F8NO4. The van der Waals surface area contributed by atoms with Crippen molar-refractivity contribution in [2.24, 2.45) is 0 Å². The minimum absolute atomic E-state index is 0.155. The number of hydrogen-bond acceptors (Lipinski definition) is 4. The standard InChI is InChI=1S/C34H27F8NO4/c1-31(2,30(45)46-3)47-28-18-22(12-13-27(28)36)32(19-20-8-5-4-6-9-20,24-15-25(34(40,41)42)17-26(35)16-24)43-29(44)21-10-7-11-23(14-21)33(37,38)39/h4-18H,19H2,1-3H3,(H,43,44). The van der Waals surface area contributed by atoms with Crippen molar-refractivity contribution in [2.75, 3.05) is 7.11 Å². The van der Waals surface area contributed by atoms with E-state index in [1.807, 2.05) is 0 Å². The smallest absolute Gasteiger partial charge is 0.416 e. The van der Waals surface area contributed by atoms with Gasteiger partial charge in [-0.05, 0) is 79.1 Å². The van der Waals surface area contributed by atoms with Crippen LogP contribution in [0.3, 0.4) is 0 Å². The van der Waals surface area contributed by atoms with Gasteiger partial charge in [0.2, 0.25) is 0 Å². The van der Waals surface area contributed by atoms with E-state index in [1.54, 1.807) is 30.3 Å². The number of benzene rings is 4. The van der Waals surface area contributed by atoms with E-state index in [4.69, 9.17) is 9.47 Å². The highest BCUT2D eigenvalue weighted by Crippen LogP contribution is 2.40. The lowest BCUT2D eigenvalue weighted by Crippen LogP contribution is -2.49. The monoisotopic (exact) mass is 665 g/mol. The number of carbonyl (C=O) groups excluding carboxylic acids is 2. The third kappa shape index (κ3) is 7.90. The van der Waals surface area contributed by atoms with E-state index >= 15 is 8.78 Å². The van der Waals surface area contributed by atoms with Gasteiger partial charge in [0.1, 0.15) is 5.82 Å². The number of amides is 1. The number of alkyl halides is 6. The second kappa shape index (κ2) is 13.0. The Hall–Kier alpha value is -4.94. The summed E-state index contributed by atoms with van der Waals surface area (Å²) in [7, 11) is 1.07. The summed E-state index contributed by atoms with van der Waals surface area (Å²) < 4.78 is 123. The topological polar surface area (TPSA) is 64.6 Å². The van der Waals surface area contributed by atoms with E-state index in [9.17, 15) is 35.9 Å². The van der Waals surface area contributed by atoms with Crippen molar-refractivity contribution in [3.05, 3.63) is 136 Å². The van der Waals surface area contributed by atoms with Crippen LogP contribution in [-0.4, -0.2) is 24.6 Å². The van der Waals surface area contributed by atoms with Crippen molar-refractivity contribution in [1.29, 1.82) is 0 Å². The maximum atomic E-state index is 15.2. The Morgan fingerprint density at radius 1 is 0.702 bits per heavy atom. The number of hydrogen-bond donors (Lipinski definition) is 1. The van der Waals surface area contributed by atoms with E-state index in [-0.39, 0.29) is 11.6 Å². The van der Waals surface area contributed by atoms with E-state index in [0.29, 0.717) is 17.7 Å². The van der Waals surface area contributed by atoms with Gasteiger partial charge in [0.25, 0.3) is 5.91 Å². The molecule has 13 heteroatoms. The Morgan fingerprint density at radius 3 is 1.96 bits per heavy atom. The molecule has 0 saturated heterocycles. The molecule has 0 aliphatic heterocycles. The summed E-state index contributed by atoms with van der Waals surface area (Å²) in [6.07, 6.45) is -10.3. The number of carbonyl (C=O) groups is 2. The molecule has 4 aromatic rings. The molecule has 0 aliphatic carbocycles. The van der Waals surface area contributed by atoms with Gasteiger partial charge < -0.3 is 14.8 Å². The van der Waals surface area contributed by atoms with E-state index < -0.39 is 81.4 Å². The summed E-state index contributed by atoms with van der Waals surface area (Å²) in [5, 5.41) is 2.55. The Balaban J connectivity index is 2.04. The fraction of sp³-hybridized carbons (Fsp3) is 0.235. The highest BCUT2D eigenvalue weighted by molar-refractivity contribution is 5.95. The normalized spacial score (nSPS) is 13.4. The Kier molecular flexibility index (Phi) is 9.70. The summed E-state index contributed by atoms with van der Waals surface area (Å²) >= 11 is 0. The Labute approximate surface area is 264 Å². The second-order valence-corrected chi connectivity index (χ2v) is 11.1. The quantitative estimate of drug-likeness (QED) is 0.145. The number of nitrogens with one attached hydrogen (secondary N) is 1. The predicted octanol–water partition coefficient (Wildman–Crippen LogP) is 8.25. The van der Waals surface area contributed by atoms with Crippen LogP contribution in [0.5, 0.6) is 5.75 Å². The third-order valence-corrected chi connectivity index (χ3v) is 7.28. The van der Waals surface area contributed by atoms with Gasteiger partial charge >= 0.3 is 18.3 Å². The molecule has 4 aromatic carbocycles. The lowest BCUT2D eigenvalue weighted by molar-refractivity contribution is -0.156. The molecular weight excluding hydrogens is 638 g/mol. The van der Waals surface area contributed by atoms with E-state index in [2.05, 4.69) is 5.32 Å². The first kappa shape index (κ1) is 34.9. The van der Waals surface area contributed by atoms with Crippen molar-refractivity contribution >= 4 is 11.9 Å². The summed E-state index contributed by atoms with van der Waals surface area (Å²) in [6, 6.07) is 15.7. The van der Waals surface area contributed by atoms with Crippen molar-refractivity contribution in [2.45, 2.75) is 43.8 Å². The molecule has 1 amide bonds. The van der Waals surface area contributed by atoms with Gasteiger partial charge in [0.15, 0.2) is 17.2 Å². The van der Waals surface area contributed by atoms with Gasteiger partial charge in [-0.1, -0.05) is 42.5 Å². The number of ether oxygens (including phenoxy) is 2. The zero-order valence-electron chi connectivity index (χ0n) is 25.0. The van der Waals surface area contributed by atoms with Gasteiger partial charge in [-0.15, -0.1) is 0 Å². The lowest BCUT2D eigenvalue weighted by atomic mass is 9.77. The molecule has 0 saturated carbocycles. The zero-order chi connectivity index (χ0) is 34.8. The summed E-state index contributed by atoms with van der Waals surface area (Å²) in [6.45, 7) is 2.53. The van der Waals surface area contributed by atoms with Gasteiger partial charge in [0.05, 0.1) is 23.8 Å². The second-order valence-electron chi connectivity index (χ2n) is 11.1. The van der Waals surface area contributed by atoms with Crippen LogP contribution in [0.15, 0.2) is 91.0 Å². The molecule has 0 heterocycles. The van der Waals surface area contributed by atoms with Crippen LogP contribution in [0.4, 0.5) is 35.1 Å². The van der Waals surface area contributed by atoms with E-state index in [1.165, 1.54) is 13.8 Å². The molecule has 248 valence electrons. The van der Waals surface area contributed by atoms with Crippen molar-refractivity contribution < 1.29 is 54.2 Å². The molecule has 0 bridgehead atoms. The fourth-order valence-corrected chi connectivity index (χ4v) is 4.97. The lowest BCUT2D eigenvalue weighted by Gasteiger charge is -2.37. The highest BCUT2D eigenvalue weighted by Gasteiger charge is 2.42. The Bertz CT molecular complexity index is 1770. The average Bonchev–Trinajstić information content (AvgIpc) is 3.00. The molecule has 1 atom stereocenters. The van der Waals surface area contributed by atoms with Crippen LogP contribution in [-0.2, 0) is 33.8 Å². The van der Waals surface area contributed by atoms with Crippen LogP contribution in [0, 0.1) is 11.6 Å². The van der Waals surface area contributed by atoms with E-state index in [0.717, 1.165) is 49.6 Å². The van der Waals surface area contributed by atoms with Crippen LogP contribution < -0.4 is 10.1 Å². The van der Waals surface area contributed by atoms with Crippen LogP contribution in [0.2, 0.25) is 0 Å². The van der Waals surface area contributed by atoms with Gasteiger partial charge in [-0.3, -0.25) is 4.79 Å². The molecule has 0 fully saturated rings. The summed E-state index contributed by atoms with van der Waals surface area (Å²) in [5.41, 5.74) is -7.34. The van der Waals surface area contributed by atoms with Crippen molar-refractivity contribution in [1.82, 2.24) is 5.32 Å². The largest absolute Gasteiger partial charge is 0.473 e. The molecule has 4 rings (SSSR count). The molecule has 1 unspecified atom stereocenters. The molecule has 0 spiro atoms. The highest BCUT2D eigenvalue weighted by atomic mass is 19.4. The molecule has 0 radical (unpaired) electrons. The number of rotatable bonds is 9. The first-order chi connectivity index (χ1) is 21.9. The maximum Gasteiger partial charge on any atom is 0.416 e. The molecule has 5 nitrogen and oxygen atoms in total. The molecule has 0 aliphatic rings. The number of halogens is 8. The first-order valence-corrected chi connectivity index (χ1v) is 13.8. The predicted molar refractivity (Wildman–Crippen MR) is 154 cm³/mol. The van der Waals surface area contributed by atoms with Gasteiger partial charge in [-0.2, -0.15) is 26.3 Å². The average molecular weight is 666 g/mol. The van der Waals surface area contributed by atoms with Gasteiger partial charge in [0, 0.05) is 12.0 Å². The summed E-state index contributed by atoms with van der Waals surface area (Å²) in [5.74, 6) is -5.02. The molecule has 47 heavy (non-hydrogen) atoms. The maximum absolute atomic E-state index is 15.2. The Morgan fingerprint density at radius 2 is 1.34 bits per heavy atom. The SMILES string of the molecule is COC(=O)C(C)(C)Oc1cc(C(Cc2ccccc2)(NC(=O)c2cccc(C(F)(F)F)c2)c2cc(F)cc(C(F)(F)F)c2)ccc1F. The third-order valence-electron chi connectivity index (χ3n) is 7.28. The molecule has 1 N–H and O–H groups in total. The number of methoxy groups -OCH3 is 1. The summed E-state index contributed by atoms with van der Waals surface area (Å²) in [4.78, 5) is 26.1. The minimum atomic E-state index is -5.05. The fourth-order valence-electron chi connectivity index (χ4n) is 4.97. The van der Waals surface area contributed by atoms with Crippen LogP contribution in [0.1, 0.15) is 52.0 Å². The van der Waals surface area contributed by atoms with Gasteiger partial charge in [-0.25, -0.2) is 13.6 Å².